The van der Waals surface area contributed by atoms with Gasteiger partial charge in [-0.15, -0.1) is 0 Å². The number of ether oxygens (including phenoxy) is 1. The van der Waals surface area contributed by atoms with Crippen molar-refractivity contribution < 1.29 is 35.4 Å². The molecule has 0 aliphatic rings. The van der Waals surface area contributed by atoms with Gasteiger partial charge in [-0.3, -0.25) is 0 Å². The van der Waals surface area contributed by atoms with Crippen LogP contribution in [0.4, 0.5) is 13.2 Å². The highest BCUT2D eigenvalue weighted by molar-refractivity contribution is 7.86. The molecule has 0 saturated heterocycles. The van der Waals surface area contributed by atoms with Crippen molar-refractivity contribution in [1.82, 2.24) is 4.98 Å². The van der Waals surface area contributed by atoms with Crippen LogP contribution >= 0.6 is 0 Å². The Labute approximate surface area is 102 Å². The Balaban J connectivity index is 0.000000331. The van der Waals surface area contributed by atoms with Gasteiger partial charge in [0.1, 0.15) is 12.4 Å². The molecular formula is C8H13F3N2O4S. The number of hydrogen-bond donors (Lipinski definition) is 1. The number of nitrogens with one attached hydrogen (secondary N) is 1. The first-order valence-corrected chi connectivity index (χ1v) is 5.99. The molecule has 1 aromatic heterocycles. The number of imidazole rings is 1. The van der Waals surface area contributed by atoms with Crippen LogP contribution in [0.2, 0.25) is 0 Å². The van der Waals surface area contributed by atoms with Gasteiger partial charge in [-0.25, -0.2) is 18.0 Å². The zero-order valence-corrected chi connectivity index (χ0v) is 10.7. The quantitative estimate of drug-likeness (QED) is 0.491. The molecule has 1 aromatic rings. The maximum atomic E-state index is 10.7. The van der Waals surface area contributed by atoms with Crippen LogP contribution in [0.25, 0.3) is 0 Å². The van der Waals surface area contributed by atoms with E-state index in [1.54, 1.807) is 7.11 Å². The van der Waals surface area contributed by atoms with Gasteiger partial charge in [0, 0.05) is 7.11 Å². The standard InChI is InChI=1S/C7H12N2O.CHF3O3S/c1-6(10-3)7-8-4-5-9(7)2;2-1(3,4)8(5,6)7/h4-6H,1-3H3;(H,5,6,7). The summed E-state index contributed by atoms with van der Waals surface area (Å²) in [6.45, 7) is 2.01. The van der Waals surface area contributed by atoms with Gasteiger partial charge in [-0.2, -0.15) is 13.2 Å². The van der Waals surface area contributed by atoms with Crippen LogP contribution < -0.4 is 4.57 Å². The van der Waals surface area contributed by atoms with Crippen LogP contribution in [0.15, 0.2) is 12.4 Å². The van der Waals surface area contributed by atoms with E-state index in [0.29, 0.717) is 0 Å². The number of nitrogens with zero attached hydrogens (tertiary/aromatic N) is 1. The highest BCUT2D eigenvalue weighted by Gasteiger charge is 2.36. The average molecular weight is 290 g/mol. The van der Waals surface area contributed by atoms with E-state index < -0.39 is 15.6 Å². The third-order valence-electron chi connectivity index (χ3n) is 1.93. The molecule has 1 atom stereocenters. The van der Waals surface area contributed by atoms with Gasteiger partial charge >= 0.3 is 5.51 Å². The third-order valence-corrected chi connectivity index (χ3v) is 2.50. The number of aromatic amines is 1. The van der Waals surface area contributed by atoms with Crippen molar-refractivity contribution in [3.63, 3.8) is 0 Å². The van der Waals surface area contributed by atoms with Crippen LogP contribution in [0.1, 0.15) is 18.9 Å². The minimum absolute atomic E-state index is 0.139. The minimum atomic E-state index is -6.09. The molecule has 0 bridgehead atoms. The van der Waals surface area contributed by atoms with E-state index in [2.05, 4.69) is 4.98 Å². The predicted octanol–water partition coefficient (Wildman–Crippen LogP) is 0.598. The maximum absolute atomic E-state index is 10.7. The summed E-state index contributed by atoms with van der Waals surface area (Å²) in [5.74, 6) is 1.09. The smallest absolute Gasteiger partial charge is 0.485 e. The second-order valence-electron chi connectivity index (χ2n) is 3.23. The summed E-state index contributed by atoms with van der Waals surface area (Å²) in [5, 5.41) is 0. The fourth-order valence-corrected chi connectivity index (χ4v) is 0.932. The lowest BCUT2D eigenvalue weighted by Gasteiger charge is -2.08. The average Bonchev–Trinajstić information content (AvgIpc) is 2.61. The number of H-pyrrole nitrogens is 1. The monoisotopic (exact) mass is 290 g/mol. The molecule has 0 spiro atoms. The fourth-order valence-electron chi connectivity index (χ4n) is 0.932. The number of hydrogen-bond acceptors (Lipinski definition) is 4. The first-order valence-electron chi connectivity index (χ1n) is 4.58. The molecule has 0 amide bonds. The summed E-state index contributed by atoms with van der Waals surface area (Å²) in [6.07, 6.45) is 4.00. The summed E-state index contributed by atoms with van der Waals surface area (Å²) >= 11 is 0. The van der Waals surface area contributed by atoms with E-state index in [0.717, 1.165) is 5.82 Å². The lowest BCUT2D eigenvalue weighted by atomic mass is 10.4. The van der Waals surface area contributed by atoms with Gasteiger partial charge < -0.3 is 9.29 Å². The Morgan fingerprint density at radius 3 is 2.17 bits per heavy atom. The number of rotatable bonds is 2. The normalized spacial score (nSPS) is 13.7. The van der Waals surface area contributed by atoms with Crippen molar-refractivity contribution in [2.45, 2.75) is 18.5 Å². The molecule has 0 fully saturated rings. The zero-order valence-electron chi connectivity index (χ0n) is 9.85. The highest BCUT2D eigenvalue weighted by Crippen LogP contribution is 2.20. The Morgan fingerprint density at radius 2 is 1.94 bits per heavy atom. The van der Waals surface area contributed by atoms with E-state index in [9.17, 15) is 13.2 Å². The van der Waals surface area contributed by atoms with Gasteiger partial charge in [-0.05, 0) is 6.92 Å². The summed E-state index contributed by atoms with van der Waals surface area (Å²) in [5.41, 5.74) is -5.65. The maximum Gasteiger partial charge on any atom is 0.485 e. The molecule has 0 aromatic carbocycles. The summed E-state index contributed by atoms with van der Waals surface area (Å²) < 4.78 is 66.0. The molecule has 0 saturated carbocycles. The second kappa shape index (κ2) is 6.16. The molecule has 1 rings (SSSR count). The van der Waals surface area contributed by atoms with Crippen molar-refractivity contribution in [2.75, 3.05) is 7.11 Å². The zero-order chi connectivity index (χ0) is 14.6. The van der Waals surface area contributed by atoms with Gasteiger partial charge in [0.2, 0.25) is 0 Å². The highest BCUT2D eigenvalue weighted by atomic mass is 32.2. The van der Waals surface area contributed by atoms with Crippen LogP contribution in [0.3, 0.4) is 0 Å². The molecule has 1 heterocycles. The van der Waals surface area contributed by atoms with E-state index in [-0.39, 0.29) is 6.10 Å². The number of alkyl halides is 3. The minimum Gasteiger partial charge on any atom is -0.741 e. The summed E-state index contributed by atoms with van der Waals surface area (Å²) in [4.78, 5) is 3.09. The molecule has 6 nitrogen and oxygen atoms in total. The lowest BCUT2D eigenvalue weighted by Crippen LogP contribution is -2.32. The van der Waals surface area contributed by atoms with Crippen molar-refractivity contribution in [3.05, 3.63) is 18.2 Å². The molecule has 1 unspecified atom stereocenters. The Hall–Kier alpha value is -1.13. The van der Waals surface area contributed by atoms with E-state index >= 15 is 0 Å². The van der Waals surface area contributed by atoms with Gasteiger partial charge in [0.15, 0.2) is 16.2 Å². The van der Waals surface area contributed by atoms with Crippen LogP contribution in [0.5, 0.6) is 0 Å². The topological polar surface area (TPSA) is 86.1 Å². The largest absolute Gasteiger partial charge is 0.741 e. The lowest BCUT2D eigenvalue weighted by molar-refractivity contribution is -0.681. The van der Waals surface area contributed by atoms with Crippen molar-refractivity contribution >= 4 is 10.1 Å². The molecule has 10 heteroatoms. The number of aromatic nitrogens is 2. The molecule has 0 radical (unpaired) electrons. The Kier molecular flexibility index (Phi) is 5.77. The number of methoxy groups -OCH3 is 1. The number of halogens is 3. The Bertz CT molecular complexity index is 469. The Morgan fingerprint density at radius 1 is 1.50 bits per heavy atom. The van der Waals surface area contributed by atoms with Crippen LogP contribution in [-0.4, -0.2) is 30.6 Å². The molecule has 0 aliphatic carbocycles. The predicted molar refractivity (Wildman–Crippen MR) is 53.1 cm³/mol. The van der Waals surface area contributed by atoms with E-state index in [4.69, 9.17) is 17.7 Å². The fraction of sp³-hybridized carbons (Fsp3) is 0.625. The van der Waals surface area contributed by atoms with Gasteiger partial charge in [0.05, 0.1) is 7.05 Å². The van der Waals surface area contributed by atoms with E-state index in [1.807, 2.05) is 30.9 Å². The van der Waals surface area contributed by atoms with Crippen molar-refractivity contribution in [2.24, 2.45) is 7.05 Å². The third kappa shape index (κ3) is 5.02. The molecule has 18 heavy (non-hydrogen) atoms. The van der Waals surface area contributed by atoms with Crippen LogP contribution in [0, 0.1) is 0 Å². The van der Waals surface area contributed by atoms with Crippen molar-refractivity contribution in [1.29, 1.82) is 0 Å². The molecular weight excluding hydrogens is 277 g/mol. The molecule has 1 N–H and O–H groups in total. The van der Waals surface area contributed by atoms with Gasteiger partial charge in [0.25, 0.3) is 5.82 Å². The number of aryl methyl sites for hydroxylation is 1. The summed E-state index contributed by atoms with van der Waals surface area (Å²) in [7, 11) is -2.40. The molecule has 106 valence electrons. The van der Waals surface area contributed by atoms with Crippen LogP contribution in [-0.2, 0) is 21.9 Å². The molecule has 0 aliphatic heterocycles. The van der Waals surface area contributed by atoms with Crippen molar-refractivity contribution in [3.8, 4) is 0 Å². The first kappa shape index (κ1) is 16.9. The summed E-state index contributed by atoms with van der Waals surface area (Å²) in [6, 6.07) is 0. The first-order chi connectivity index (χ1) is 8.00. The van der Waals surface area contributed by atoms with E-state index in [1.165, 1.54) is 0 Å². The SMILES string of the molecule is COC(C)c1[nH]cc[n+]1C.O=S(=O)([O-])C(F)(F)F. The second-order valence-corrected chi connectivity index (χ2v) is 4.61. The van der Waals surface area contributed by atoms with Gasteiger partial charge in [-0.1, -0.05) is 0 Å².